The first-order chi connectivity index (χ1) is 18.8. The molecule has 0 amide bonds. The molecule has 5 heteroatoms. The third-order valence-corrected chi connectivity index (χ3v) is 8.61. The number of rotatable bonds is 6. The van der Waals surface area contributed by atoms with E-state index in [1.54, 1.807) is 7.11 Å². The Morgan fingerprint density at radius 3 is 2.37 bits per heavy atom. The zero-order valence-electron chi connectivity index (χ0n) is 21.8. The minimum atomic E-state index is 0.417. The first-order valence-corrected chi connectivity index (χ1v) is 13.8. The molecule has 2 fully saturated rings. The van der Waals surface area contributed by atoms with Crippen molar-refractivity contribution in [2.45, 2.75) is 50.2 Å². The number of nitrogens with zero attached hydrogens (tertiary/aromatic N) is 3. The Balaban J connectivity index is 1.21. The van der Waals surface area contributed by atoms with E-state index in [0.717, 1.165) is 65.6 Å². The zero-order chi connectivity index (χ0) is 25.5. The van der Waals surface area contributed by atoms with Crippen LogP contribution in [0.2, 0.25) is 0 Å². The van der Waals surface area contributed by atoms with Crippen LogP contribution in [0.15, 0.2) is 91.3 Å². The maximum absolute atomic E-state index is 6.57. The third-order valence-electron chi connectivity index (χ3n) is 8.61. The van der Waals surface area contributed by atoms with Gasteiger partial charge in [0.25, 0.3) is 0 Å². The molecule has 2 saturated heterocycles. The van der Waals surface area contributed by atoms with Gasteiger partial charge in [-0.25, -0.2) is 0 Å². The SMILES string of the molecule is COc1cccc2c1Oc1cc(-c3ccncc3)ccc1N2C1CC2CCC(C1)N2CCc1ccccc1. The minimum Gasteiger partial charge on any atom is -0.493 e. The number of pyridine rings is 1. The minimum absolute atomic E-state index is 0.417. The monoisotopic (exact) mass is 503 g/mol. The number of hydrogen-bond donors (Lipinski definition) is 0. The first kappa shape index (κ1) is 23.3. The molecule has 3 aliphatic heterocycles. The van der Waals surface area contributed by atoms with Crippen molar-refractivity contribution in [2.75, 3.05) is 18.6 Å². The maximum atomic E-state index is 6.57. The van der Waals surface area contributed by atoms with Crippen LogP contribution in [0.1, 0.15) is 31.2 Å². The molecule has 2 atom stereocenters. The van der Waals surface area contributed by atoms with Gasteiger partial charge in [0.05, 0.1) is 18.5 Å². The fourth-order valence-corrected chi connectivity index (χ4v) is 6.83. The molecule has 0 radical (unpaired) electrons. The second-order valence-electron chi connectivity index (χ2n) is 10.7. The zero-order valence-corrected chi connectivity index (χ0v) is 21.8. The van der Waals surface area contributed by atoms with Crippen molar-refractivity contribution >= 4 is 11.4 Å². The highest BCUT2D eigenvalue weighted by molar-refractivity contribution is 5.83. The van der Waals surface area contributed by atoms with Gasteiger partial charge in [0.1, 0.15) is 0 Å². The molecule has 4 heterocycles. The Bertz CT molecular complexity index is 1410. The number of para-hydroxylation sites is 1. The molecule has 7 rings (SSSR count). The molecule has 1 aromatic heterocycles. The van der Waals surface area contributed by atoms with Crippen LogP contribution in [0.5, 0.6) is 17.2 Å². The van der Waals surface area contributed by atoms with Crippen molar-refractivity contribution in [3.63, 3.8) is 0 Å². The molecule has 0 N–H and O–H groups in total. The Hall–Kier alpha value is -3.83. The van der Waals surface area contributed by atoms with Gasteiger partial charge in [0, 0.05) is 37.1 Å². The number of anilines is 2. The third kappa shape index (κ3) is 4.11. The largest absolute Gasteiger partial charge is 0.493 e. The maximum Gasteiger partial charge on any atom is 0.192 e. The lowest BCUT2D eigenvalue weighted by atomic mass is 9.93. The Morgan fingerprint density at radius 1 is 0.816 bits per heavy atom. The quantitative estimate of drug-likeness (QED) is 0.277. The van der Waals surface area contributed by atoms with Crippen molar-refractivity contribution in [2.24, 2.45) is 0 Å². The van der Waals surface area contributed by atoms with Crippen LogP contribution in [-0.4, -0.2) is 41.7 Å². The summed E-state index contributed by atoms with van der Waals surface area (Å²) in [5.74, 6) is 2.47. The number of hydrogen-bond acceptors (Lipinski definition) is 5. The molecular weight excluding hydrogens is 470 g/mol. The van der Waals surface area contributed by atoms with Crippen LogP contribution in [0.25, 0.3) is 11.1 Å². The number of fused-ring (bicyclic) bond motifs is 4. The summed E-state index contributed by atoms with van der Waals surface area (Å²) < 4.78 is 12.3. The van der Waals surface area contributed by atoms with Gasteiger partial charge < -0.3 is 14.4 Å². The van der Waals surface area contributed by atoms with E-state index in [1.807, 2.05) is 30.6 Å². The smallest absolute Gasteiger partial charge is 0.192 e. The predicted octanol–water partition coefficient (Wildman–Crippen LogP) is 7.24. The van der Waals surface area contributed by atoms with Crippen LogP contribution < -0.4 is 14.4 Å². The van der Waals surface area contributed by atoms with E-state index in [-0.39, 0.29) is 0 Å². The molecule has 3 aliphatic rings. The lowest BCUT2D eigenvalue weighted by Gasteiger charge is -2.46. The molecule has 0 spiro atoms. The molecule has 4 aromatic rings. The molecule has 38 heavy (non-hydrogen) atoms. The van der Waals surface area contributed by atoms with Crippen LogP contribution in [0.4, 0.5) is 11.4 Å². The van der Waals surface area contributed by atoms with Crippen molar-refractivity contribution < 1.29 is 9.47 Å². The van der Waals surface area contributed by atoms with Crippen LogP contribution in [0.3, 0.4) is 0 Å². The summed E-state index contributed by atoms with van der Waals surface area (Å²) in [4.78, 5) is 9.52. The molecular formula is C33H33N3O2. The Labute approximate surface area is 224 Å². The average molecular weight is 504 g/mol. The normalized spacial score (nSPS) is 21.9. The molecule has 2 unspecified atom stereocenters. The van der Waals surface area contributed by atoms with Gasteiger partial charge in [0.2, 0.25) is 0 Å². The Morgan fingerprint density at radius 2 is 1.61 bits per heavy atom. The van der Waals surface area contributed by atoms with Gasteiger partial charge in [-0.3, -0.25) is 9.88 Å². The van der Waals surface area contributed by atoms with E-state index in [0.29, 0.717) is 18.1 Å². The van der Waals surface area contributed by atoms with Crippen molar-refractivity contribution in [1.29, 1.82) is 0 Å². The summed E-state index contributed by atoms with van der Waals surface area (Å²) in [5.41, 5.74) is 5.94. The van der Waals surface area contributed by atoms with E-state index < -0.39 is 0 Å². The first-order valence-electron chi connectivity index (χ1n) is 13.8. The van der Waals surface area contributed by atoms with Crippen molar-refractivity contribution in [3.05, 3.63) is 96.8 Å². The summed E-state index contributed by atoms with van der Waals surface area (Å²) in [6.45, 7) is 1.14. The standard InChI is InChI=1S/C33H33N3O2/c1-37-31-9-5-8-30-33(31)38-32-20-25(24-14-17-34-18-15-24)10-13-29(32)36(30)28-21-26-11-12-27(22-28)35(26)19-16-23-6-3-2-4-7-23/h2-10,13-15,17-18,20,26-28H,11-12,16,19,21-22H2,1H3. The van der Waals surface area contributed by atoms with Gasteiger partial charge in [-0.2, -0.15) is 0 Å². The summed E-state index contributed by atoms with van der Waals surface area (Å²) in [6.07, 6.45) is 9.69. The van der Waals surface area contributed by atoms with Gasteiger partial charge in [-0.1, -0.05) is 42.5 Å². The lowest BCUT2D eigenvalue weighted by Crippen LogP contribution is -2.50. The fraction of sp³-hybridized carbons (Fsp3) is 0.303. The predicted molar refractivity (Wildman–Crippen MR) is 152 cm³/mol. The number of piperidine rings is 1. The fourth-order valence-electron chi connectivity index (χ4n) is 6.83. The number of methoxy groups -OCH3 is 1. The summed E-state index contributed by atoms with van der Waals surface area (Å²) in [5, 5.41) is 0. The van der Waals surface area contributed by atoms with Crippen molar-refractivity contribution in [3.8, 4) is 28.4 Å². The highest BCUT2D eigenvalue weighted by Gasteiger charge is 2.44. The highest BCUT2D eigenvalue weighted by Crippen LogP contribution is 2.54. The summed E-state index contributed by atoms with van der Waals surface area (Å²) in [7, 11) is 1.72. The molecule has 0 aliphatic carbocycles. The highest BCUT2D eigenvalue weighted by atomic mass is 16.5. The van der Waals surface area contributed by atoms with Crippen LogP contribution >= 0.6 is 0 Å². The lowest BCUT2D eigenvalue weighted by molar-refractivity contribution is 0.129. The second kappa shape index (κ2) is 9.80. The molecule has 192 valence electrons. The van der Waals surface area contributed by atoms with Crippen LogP contribution in [-0.2, 0) is 6.42 Å². The van der Waals surface area contributed by atoms with Gasteiger partial charge >= 0.3 is 0 Å². The van der Waals surface area contributed by atoms with E-state index in [1.165, 1.54) is 18.4 Å². The van der Waals surface area contributed by atoms with E-state index in [9.17, 15) is 0 Å². The van der Waals surface area contributed by atoms with Gasteiger partial charge in [0.15, 0.2) is 17.2 Å². The number of benzene rings is 3. The van der Waals surface area contributed by atoms with Crippen LogP contribution in [0, 0.1) is 0 Å². The number of ether oxygens (including phenoxy) is 2. The Kier molecular flexibility index (Phi) is 6.01. The molecule has 2 bridgehead atoms. The molecule has 5 nitrogen and oxygen atoms in total. The molecule has 0 saturated carbocycles. The molecule has 3 aromatic carbocycles. The summed E-state index contributed by atoms with van der Waals surface area (Å²) in [6, 6.07) is 29.5. The number of aromatic nitrogens is 1. The van der Waals surface area contributed by atoms with E-state index >= 15 is 0 Å². The van der Waals surface area contributed by atoms with E-state index in [4.69, 9.17) is 9.47 Å². The van der Waals surface area contributed by atoms with Gasteiger partial charge in [-0.05, 0) is 85.2 Å². The summed E-state index contributed by atoms with van der Waals surface area (Å²) >= 11 is 0. The second-order valence-corrected chi connectivity index (χ2v) is 10.7. The van der Waals surface area contributed by atoms with Gasteiger partial charge in [-0.15, -0.1) is 0 Å². The van der Waals surface area contributed by atoms with Crippen molar-refractivity contribution in [1.82, 2.24) is 9.88 Å². The topological polar surface area (TPSA) is 37.8 Å². The van der Waals surface area contributed by atoms with E-state index in [2.05, 4.69) is 75.4 Å². The average Bonchev–Trinajstić information content (AvgIpc) is 3.21.